The number of hydrogen-bond donors (Lipinski definition) is 0. The molecule has 0 saturated carbocycles. The number of benzene rings is 1. The number of hydrogen-bond acceptors (Lipinski definition) is 0. The summed E-state index contributed by atoms with van der Waals surface area (Å²) in [4.78, 5) is 0. The zero-order chi connectivity index (χ0) is 13.3. The van der Waals surface area contributed by atoms with Crippen LogP contribution in [0, 0.1) is 20.8 Å². The maximum absolute atomic E-state index is 2.30. The molecule has 0 radical (unpaired) electrons. The van der Waals surface area contributed by atoms with E-state index in [0.717, 1.165) is 0 Å². The molecule has 0 aliphatic rings. The monoisotopic (exact) mass is 222 g/mol. The van der Waals surface area contributed by atoms with Crippen molar-refractivity contribution in [3.8, 4) is 0 Å². The smallest absolute Gasteiger partial charge is 0.0219 e. The lowest BCUT2D eigenvalue weighted by Crippen LogP contribution is -1.93. The predicted molar refractivity (Wildman–Crippen MR) is 77.4 cm³/mol. The molecule has 16 heavy (non-hydrogen) atoms. The van der Waals surface area contributed by atoms with Crippen molar-refractivity contribution in [1.29, 1.82) is 0 Å². The molecule has 0 unspecified atom stereocenters. The minimum Gasteiger partial charge on any atom is -0.0683 e. The van der Waals surface area contributed by atoms with E-state index in [-0.39, 0.29) is 0 Å². The van der Waals surface area contributed by atoms with E-state index >= 15 is 0 Å². The highest BCUT2D eigenvalue weighted by atomic mass is 14.1. The quantitative estimate of drug-likeness (QED) is 0.564. The van der Waals surface area contributed by atoms with E-state index < -0.39 is 0 Å². The summed E-state index contributed by atoms with van der Waals surface area (Å²) in [6.45, 7) is 19.0. The Morgan fingerprint density at radius 2 is 1.06 bits per heavy atom. The highest BCUT2D eigenvalue weighted by Crippen LogP contribution is 2.21. The van der Waals surface area contributed by atoms with Crippen LogP contribution in [-0.2, 0) is 0 Å². The van der Waals surface area contributed by atoms with Crippen molar-refractivity contribution in [1.82, 2.24) is 0 Å². The van der Waals surface area contributed by atoms with Crippen LogP contribution in [-0.4, -0.2) is 0 Å². The van der Waals surface area contributed by atoms with Crippen LogP contribution >= 0.6 is 0 Å². The van der Waals surface area contributed by atoms with Gasteiger partial charge >= 0.3 is 0 Å². The van der Waals surface area contributed by atoms with Gasteiger partial charge in [-0.15, -0.1) is 0 Å². The summed E-state index contributed by atoms with van der Waals surface area (Å²) in [6.07, 6.45) is 0. The summed E-state index contributed by atoms with van der Waals surface area (Å²) in [5.74, 6) is 0.642. The molecule has 0 aromatic heterocycles. The van der Waals surface area contributed by atoms with E-state index in [2.05, 4.69) is 46.8 Å². The molecular formula is C16H30. The lowest BCUT2D eigenvalue weighted by atomic mass is 9.95. The first kappa shape index (κ1) is 17.6. The molecule has 1 rings (SSSR count). The van der Waals surface area contributed by atoms with Gasteiger partial charge in [-0.05, 0) is 48.9 Å². The van der Waals surface area contributed by atoms with Crippen LogP contribution in [0.3, 0.4) is 0 Å². The zero-order valence-electron chi connectivity index (χ0n) is 12.7. The van der Waals surface area contributed by atoms with Crippen LogP contribution in [0.4, 0.5) is 0 Å². The predicted octanol–water partition coefficient (Wildman–Crippen LogP) is 5.79. The Labute approximate surface area is 103 Å². The maximum atomic E-state index is 2.30. The van der Waals surface area contributed by atoms with Gasteiger partial charge in [0, 0.05) is 0 Å². The Kier molecular flexibility index (Phi) is 10.4. The van der Waals surface area contributed by atoms with Gasteiger partial charge in [0.25, 0.3) is 0 Å². The molecule has 0 amide bonds. The van der Waals surface area contributed by atoms with Gasteiger partial charge in [0.05, 0.1) is 0 Å². The van der Waals surface area contributed by atoms with Crippen LogP contribution in [0.2, 0.25) is 0 Å². The molecule has 0 nitrogen and oxygen atoms in total. The molecule has 0 aliphatic heterocycles. The average molecular weight is 222 g/mol. The van der Waals surface area contributed by atoms with E-state index in [1.54, 1.807) is 0 Å². The fraction of sp³-hybridized carbons (Fsp3) is 0.625. The van der Waals surface area contributed by atoms with Gasteiger partial charge in [0.1, 0.15) is 0 Å². The van der Waals surface area contributed by atoms with Crippen molar-refractivity contribution in [2.24, 2.45) is 0 Å². The standard InChI is InChI=1S/C12H18.2C2H6/c1-8(2)12-6-9(3)11(5)10(4)7-12;2*1-2/h6-8H,1-5H3;2*1-2H3. The molecule has 0 heteroatoms. The summed E-state index contributed by atoms with van der Waals surface area (Å²) in [6, 6.07) is 4.60. The van der Waals surface area contributed by atoms with Gasteiger partial charge < -0.3 is 0 Å². The lowest BCUT2D eigenvalue weighted by Gasteiger charge is -2.11. The summed E-state index contributed by atoms with van der Waals surface area (Å²) < 4.78 is 0. The normalized spacial score (nSPS) is 8.88. The van der Waals surface area contributed by atoms with Crippen molar-refractivity contribution >= 4 is 0 Å². The molecule has 0 aliphatic carbocycles. The van der Waals surface area contributed by atoms with Crippen molar-refractivity contribution < 1.29 is 0 Å². The molecular weight excluding hydrogens is 192 g/mol. The van der Waals surface area contributed by atoms with Crippen LogP contribution in [0.1, 0.15) is 69.7 Å². The minimum atomic E-state index is 0.642. The van der Waals surface area contributed by atoms with E-state index in [1.807, 2.05) is 27.7 Å². The van der Waals surface area contributed by atoms with Crippen molar-refractivity contribution in [3.63, 3.8) is 0 Å². The van der Waals surface area contributed by atoms with Crippen LogP contribution in [0.5, 0.6) is 0 Å². The first-order valence-corrected chi connectivity index (χ1v) is 6.60. The van der Waals surface area contributed by atoms with Crippen LogP contribution < -0.4 is 0 Å². The third kappa shape index (κ3) is 5.34. The fourth-order valence-corrected chi connectivity index (χ4v) is 1.40. The number of rotatable bonds is 1. The van der Waals surface area contributed by atoms with Crippen molar-refractivity contribution in [2.45, 2.75) is 68.2 Å². The van der Waals surface area contributed by atoms with Gasteiger partial charge in [-0.3, -0.25) is 0 Å². The van der Waals surface area contributed by atoms with E-state index in [1.165, 1.54) is 22.3 Å². The molecule has 1 aromatic rings. The molecule has 0 bridgehead atoms. The summed E-state index contributed by atoms with van der Waals surface area (Å²) >= 11 is 0. The van der Waals surface area contributed by atoms with Crippen molar-refractivity contribution in [3.05, 3.63) is 34.4 Å². The molecule has 0 atom stereocenters. The highest BCUT2D eigenvalue weighted by Gasteiger charge is 2.03. The van der Waals surface area contributed by atoms with Gasteiger partial charge in [-0.2, -0.15) is 0 Å². The molecule has 0 N–H and O–H groups in total. The molecule has 1 aromatic carbocycles. The first-order valence-electron chi connectivity index (χ1n) is 6.60. The van der Waals surface area contributed by atoms with E-state index in [0.29, 0.717) is 5.92 Å². The molecule has 0 spiro atoms. The topological polar surface area (TPSA) is 0 Å². The zero-order valence-corrected chi connectivity index (χ0v) is 12.7. The lowest BCUT2D eigenvalue weighted by molar-refractivity contribution is 0.861. The number of aryl methyl sites for hydroxylation is 2. The Morgan fingerprint density at radius 3 is 1.31 bits per heavy atom. The first-order chi connectivity index (χ1) is 7.52. The Balaban J connectivity index is 0. The third-order valence-electron chi connectivity index (χ3n) is 2.62. The molecule has 94 valence electrons. The largest absolute Gasteiger partial charge is 0.0683 e. The Hall–Kier alpha value is -0.780. The average Bonchev–Trinajstić information content (AvgIpc) is 2.30. The summed E-state index contributed by atoms with van der Waals surface area (Å²) in [5.41, 5.74) is 5.72. The highest BCUT2D eigenvalue weighted by molar-refractivity contribution is 5.37. The van der Waals surface area contributed by atoms with Gasteiger partial charge in [0.2, 0.25) is 0 Å². The van der Waals surface area contributed by atoms with Gasteiger partial charge in [-0.1, -0.05) is 53.7 Å². The van der Waals surface area contributed by atoms with E-state index in [4.69, 9.17) is 0 Å². The summed E-state index contributed by atoms with van der Waals surface area (Å²) in [7, 11) is 0. The third-order valence-corrected chi connectivity index (χ3v) is 2.62. The molecule has 0 heterocycles. The van der Waals surface area contributed by atoms with Crippen LogP contribution in [0.25, 0.3) is 0 Å². The van der Waals surface area contributed by atoms with E-state index in [9.17, 15) is 0 Å². The maximum Gasteiger partial charge on any atom is -0.0219 e. The Bertz CT molecular complexity index is 259. The van der Waals surface area contributed by atoms with Gasteiger partial charge in [-0.25, -0.2) is 0 Å². The SMILES string of the molecule is CC.CC.Cc1cc(C(C)C)cc(C)c1C. The van der Waals surface area contributed by atoms with Gasteiger partial charge in [0.15, 0.2) is 0 Å². The van der Waals surface area contributed by atoms with Crippen LogP contribution in [0.15, 0.2) is 12.1 Å². The van der Waals surface area contributed by atoms with Crippen molar-refractivity contribution in [2.75, 3.05) is 0 Å². The molecule has 0 saturated heterocycles. The Morgan fingerprint density at radius 1 is 0.750 bits per heavy atom. The minimum absolute atomic E-state index is 0.642. The second-order valence-electron chi connectivity index (χ2n) is 3.93. The second kappa shape index (κ2) is 9.45. The summed E-state index contributed by atoms with van der Waals surface area (Å²) in [5, 5.41) is 0. The second-order valence-corrected chi connectivity index (χ2v) is 3.93. The fourth-order valence-electron chi connectivity index (χ4n) is 1.40. The molecule has 0 fully saturated rings.